The molecular formula is C6H9N. The van der Waals surface area contributed by atoms with Crippen LogP contribution in [0, 0.1) is 12.3 Å². The van der Waals surface area contributed by atoms with Crippen molar-refractivity contribution in [2.75, 3.05) is 6.54 Å². The summed E-state index contributed by atoms with van der Waals surface area (Å²) in [6.07, 6.45) is 7.53. The van der Waals surface area contributed by atoms with Gasteiger partial charge in [-0.25, -0.2) is 0 Å². The largest absolute Gasteiger partial charge is 0.304 e. The maximum absolute atomic E-state index is 5.12. The molecule has 1 nitrogen and oxygen atoms in total. The zero-order valence-corrected chi connectivity index (χ0v) is 4.28. The summed E-state index contributed by atoms with van der Waals surface area (Å²) in [5.41, 5.74) is 0. The number of terminal acetylenes is 1. The van der Waals surface area contributed by atoms with Crippen molar-refractivity contribution in [2.24, 2.45) is 0 Å². The molecule has 1 aliphatic heterocycles. The molecule has 0 aromatic rings. The van der Waals surface area contributed by atoms with E-state index in [1.54, 1.807) is 0 Å². The third-order valence-corrected chi connectivity index (χ3v) is 1.26. The second kappa shape index (κ2) is 1.99. The molecule has 0 radical (unpaired) electrons. The zero-order chi connectivity index (χ0) is 5.11. The number of nitrogens with one attached hydrogen (secondary N) is 1. The second-order valence-electron chi connectivity index (χ2n) is 1.82. The van der Waals surface area contributed by atoms with Gasteiger partial charge in [-0.1, -0.05) is 5.92 Å². The van der Waals surface area contributed by atoms with E-state index in [0.717, 1.165) is 13.0 Å². The molecule has 1 fully saturated rings. The molecule has 0 amide bonds. The Kier molecular flexibility index (Phi) is 1.33. The molecule has 0 bridgehead atoms. The van der Waals surface area contributed by atoms with E-state index in [-0.39, 0.29) is 0 Å². The first-order valence-corrected chi connectivity index (χ1v) is 2.63. The summed E-state index contributed by atoms with van der Waals surface area (Å²) >= 11 is 0. The summed E-state index contributed by atoms with van der Waals surface area (Å²) in [7, 11) is 0. The fraction of sp³-hybridized carbons (Fsp3) is 0.667. The van der Waals surface area contributed by atoms with E-state index < -0.39 is 0 Å². The van der Waals surface area contributed by atoms with Crippen molar-refractivity contribution in [3.8, 4) is 12.3 Å². The Labute approximate surface area is 44.1 Å². The van der Waals surface area contributed by atoms with Gasteiger partial charge >= 0.3 is 0 Å². The first kappa shape index (κ1) is 4.67. The van der Waals surface area contributed by atoms with Crippen molar-refractivity contribution in [2.45, 2.75) is 18.9 Å². The van der Waals surface area contributed by atoms with Crippen molar-refractivity contribution < 1.29 is 0 Å². The highest BCUT2D eigenvalue weighted by molar-refractivity contribution is 5.00. The van der Waals surface area contributed by atoms with Gasteiger partial charge in [0.25, 0.3) is 0 Å². The fourth-order valence-corrected chi connectivity index (χ4v) is 0.827. The normalized spacial score (nSPS) is 29.9. The molecule has 1 aliphatic rings. The Morgan fingerprint density at radius 3 is 2.86 bits per heavy atom. The fourth-order valence-electron chi connectivity index (χ4n) is 0.827. The molecule has 0 aromatic heterocycles. The van der Waals surface area contributed by atoms with Crippen LogP contribution < -0.4 is 5.32 Å². The molecule has 0 spiro atoms. The molecule has 0 aliphatic carbocycles. The van der Waals surface area contributed by atoms with Crippen molar-refractivity contribution in [3.05, 3.63) is 0 Å². The van der Waals surface area contributed by atoms with Gasteiger partial charge in [-0.05, 0) is 19.4 Å². The van der Waals surface area contributed by atoms with E-state index in [2.05, 4.69) is 11.2 Å². The van der Waals surface area contributed by atoms with Crippen LogP contribution in [0.1, 0.15) is 12.8 Å². The van der Waals surface area contributed by atoms with E-state index in [1.807, 2.05) is 0 Å². The lowest BCUT2D eigenvalue weighted by Crippen LogP contribution is -2.18. The number of hydrogen-bond acceptors (Lipinski definition) is 1. The van der Waals surface area contributed by atoms with Crippen LogP contribution in [0.25, 0.3) is 0 Å². The minimum Gasteiger partial charge on any atom is -0.304 e. The van der Waals surface area contributed by atoms with Crippen LogP contribution in [-0.2, 0) is 0 Å². The highest BCUT2D eigenvalue weighted by Gasteiger charge is 2.08. The lowest BCUT2D eigenvalue weighted by Gasteiger charge is -1.94. The minimum absolute atomic E-state index is 0.375. The standard InChI is InChI=1S/C6H9N/c1-2-6-4-3-5-7-6/h1,6-7H,3-5H2. The average Bonchev–Trinajstić information content (AvgIpc) is 2.14. The first-order chi connectivity index (χ1) is 3.43. The molecule has 0 saturated carbocycles. The molecular weight excluding hydrogens is 86.1 g/mol. The smallest absolute Gasteiger partial charge is 0.0687 e. The Morgan fingerprint density at radius 1 is 1.71 bits per heavy atom. The Morgan fingerprint density at radius 2 is 2.57 bits per heavy atom. The van der Waals surface area contributed by atoms with Crippen LogP contribution in [0.2, 0.25) is 0 Å². The molecule has 1 heterocycles. The van der Waals surface area contributed by atoms with Crippen LogP contribution in [0.15, 0.2) is 0 Å². The lowest BCUT2D eigenvalue weighted by atomic mass is 10.2. The van der Waals surface area contributed by atoms with E-state index >= 15 is 0 Å². The molecule has 38 valence electrons. The van der Waals surface area contributed by atoms with Gasteiger partial charge in [0.15, 0.2) is 0 Å². The molecule has 1 atom stereocenters. The van der Waals surface area contributed by atoms with Gasteiger partial charge in [0.05, 0.1) is 6.04 Å². The highest BCUT2D eigenvalue weighted by atomic mass is 14.9. The predicted molar refractivity (Wildman–Crippen MR) is 29.9 cm³/mol. The Bertz CT molecular complexity index is 84.8. The Hall–Kier alpha value is -0.480. The summed E-state index contributed by atoms with van der Waals surface area (Å²) in [6.45, 7) is 1.11. The number of hydrogen-bond donors (Lipinski definition) is 1. The van der Waals surface area contributed by atoms with E-state index in [0.29, 0.717) is 6.04 Å². The Balaban J connectivity index is 2.31. The molecule has 1 unspecified atom stereocenters. The SMILES string of the molecule is C#CC1CCCN1. The topological polar surface area (TPSA) is 12.0 Å². The van der Waals surface area contributed by atoms with Gasteiger partial charge in [0.1, 0.15) is 0 Å². The lowest BCUT2D eigenvalue weighted by molar-refractivity contribution is 0.749. The molecule has 1 saturated heterocycles. The zero-order valence-electron chi connectivity index (χ0n) is 4.28. The van der Waals surface area contributed by atoms with E-state index in [4.69, 9.17) is 6.42 Å². The van der Waals surface area contributed by atoms with Crippen LogP contribution >= 0.6 is 0 Å². The van der Waals surface area contributed by atoms with Gasteiger partial charge in [-0.3, -0.25) is 0 Å². The molecule has 0 aromatic carbocycles. The second-order valence-corrected chi connectivity index (χ2v) is 1.82. The van der Waals surface area contributed by atoms with Gasteiger partial charge in [-0.15, -0.1) is 6.42 Å². The summed E-state index contributed by atoms with van der Waals surface area (Å²) in [5.74, 6) is 2.65. The summed E-state index contributed by atoms with van der Waals surface area (Å²) in [5, 5.41) is 3.17. The monoisotopic (exact) mass is 95.1 g/mol. The molecule has 1 rings (SSSR count). The van der Waals surface area contributed by atoms with Crippen molar-refractivity contribution in [1.29, 1.82) is 0 Å². The first-order valence-electron chi connectivity index (χ1n) is 2.63. The van der Waals surface area contributed by atoms with Gasteiger partial charge in [0, 0.05) is 0 Å². The summed E-state index contributed by atoms with van der Waals surface area (Å²) in [6, 6.07) is 0.375. The predicted octanol–water partition coefficient (Wildman–Crippen LogP) is 0.372. The minimum atomic E-state index is 0.375. The maximum Gasteiger partial charge on any atom is 0.0687 e. The van der Waals surface area contributed by atoms with Gasteiger partial charge < -0.3 is 5.32 Å². The van der Waals surface area contributed by atoms with Gasteiger partial charge in [-0.2, -0.15) is 0 Å². The quantitative estimate of drug-likeness (QED) is 0.429. The third kappa shape index (κ3) is 0.942. The average molecular weight is 95.1 g/mol. The van der Waals surface area contributed by atoms with Crippen LogP contribution in [0.5, 0.6) is 0 Å². The van der Waals surface area contributed by atoms with Crippen LogP contribution in [0.4, 0.5) is 0 Å². The molecule has 1 N–H and O–H groups in total. The highest BCUT2D eigenvalue weighted by Crippen LogP contribution is 2.01. The van der Waals surface area contributed by atoms with Crippen LogP contribution in [-0.4, -0.2) is 12.6 Å². The van der Waals surface area contributed by atoms with Crippen molar-refractivity contribution in [1.82, 2.24) is 5.32 Å². The van der Waals surface area contributed by atoms with Crippen molar-refractivity contribution >= 4 is 0 Å². The van der Waals surface area contributed by atoms with E-state index in [1.165, 1.54) is 6.42 Å². The summed E-state index contributed by atoms with van der Waals surface area (Å²) < 4.78 is 0. The summed E-state index contributed by atoms with van der Waals surface area (Å²) in [4.78, 5) is 0. The van der Waals surface area contributed by atoms with Crippen molar-refractivity contribution in [3.63, 3.8) is 0 Å². The maximum atomic E-state index is 5.12. The molecule has 1 heteroatoms. The number of rotatable bonds is 0. The van der Waals surface area contributed by atoms with Gasteiger partial charge in [0.2, 0.25) is 0 Å². The molecule has 7 heavy (non-hydrogen) atoms. The van der Waals surface area contributed by atoms with Crippen LogP contribution in [0.3, 0.4) is 0 Å². The third-order valence-electron chi connectivity index (χ3n) is 1.26. The van der Waals surface area contributed by atoms with E-state index in [9.17, 15) is 0 Å².